The van der Waals surface area contributed by atoms with Crippen LogP contribution in [0.4, 0.5) is 0 Å². The van der Waals surface area contributed by atoms with Crippen LogP contribution < -0.4 is 4.74 Å². The highest BCUT2D eigenvalue weighted by atomic mass is 16.5. The highest BCUT2D eigenvalue weighted by Crippen LogP contribution is 2.48. The molecule has 4 nitrogen and oxygen atoms in total. The molecule has 0 fully saturated rings. The Kier molecular flexibility index (Phi) is 3.69. The molecule has 2 aliphatic heterocycles. The first kappa shape index (κ1) is 16.3. The van der Waals surface area contributed by atoms with Crippen molar-refractivity contribution in [2.24, 2.45) is 0 Å². The Bertz CT molecular complexity index is 859. The number of nitrogens with zero attached hydrogens (tertiary/aromatic N) is 1. The van der Waals surface area contributed by atoms with E-state index >= 15 is 0 Å². The largest absolute Gasteiger partial charge is 0.504 e. The molecule has 0 amide bonds. The number of rotatable bonds is 1. The summed E-state index contributed by atoms with van der Waals surface area (Å²) in [7, 11) is 1.73. The Balaban J connectivity index is 1.86. The third-order valence-corrected chi connectivity index (χ3v) is 6.17. The van der Waals surface area contributed by atoms with Crippen molar-refractivity contribution in [3.8, 4) is 17.2 Å². The molecule has 25 heavy (non-hydrogen) atoms. The Morgan fingerprint density at radius 1 is 1.04 bits per heavy atom. The van der Waals surface area contributed by atoms with Gasteiger partial charge in [0.25, 0.3) is 0 Å². The first-order chi connectivity index (χ1) is 11.9. The summed E-state index contributed by atoms with van der Waals surface area (Å²) in [5, 5.41) is 19.8. The van der Waals surface area contributed by atoms with Gasteiger partial charge in [-0.2, -0.15) is 0 Å². The van der Waals surface area contributed by atoms with E-state index in [1.807, 2.05) is 0 Å². The molecular formula is C21H25NO3. The second kappa shape index (κ2) is 5.67. The lowest BCUT2D eigenvalue weighted by Gasteiger charge is -2.46. The first-order valence-electron chi connectivity index (χ1n) is 8.89. The Hall–Kier alpha value is -2.20. The molecule has 4 heteroatoms. The minimum absolute atomic E-state index is 0.0235. The van der Waals surface area contributed by atoms with E-state index < -0.39 is 0 Å². The summed E-state index contributed by atoms with van der Waals surface area (Å²) in [6.07, 6.45) is 1.79. The molecule has 2 aliphatic rings. The molecule has 2 atom stereocenters. The summed E-state index contributed by atoms with van der Waals surface area (Å²) in [5.41, 5.74) is 7.56. The maximum atomic E-state index is 10.0. The monoisotopic (exact) mass is 339 g/mol. The lowest BCUT2D eigenvalue weighted by molar-refractivity contribution is 0.116. The molecule has 0 saturated carbocycles. The van der Waals surface area contributed by atoms with E-state index in [0.717, 1.165) is 36.3 Å². The van der Waals surface area contributed by atoms with E-state index in [4.69, 9.17) is 4.74 Å². The maximum absolute atomic E-state index is 10.0. The van der Waals surface area contributed by atoms with Gasteiger partial charge in [0.05, 0.1) is 7.11 Å². The fraction of sp³-hybridized carbons (Fsp3) is 0.429. The van der Waals surface area contributed by atoms with Crippen molar-refractivity contribution in [2.45, 2.75) is 45.7 Å². The van der Waals surface area contributed by atoms with Crippen molar-refractivity contribution in [2.75, 3.05) is 13.7 Å². The van der Waals surface area contributed by atoms with Gasteiger partial charge in [-0.3, -0.25) is 4.90 Å². The molecular weight excluding hydrogens is 314 g/mol. The van der Waals surface area contributed by atoms with Crippen LogP contribution in [-0.2, 0) is 12.8 Å². The van der Waals surface area contributed by atoms with Crippen LogP contribution in [0.5, 0.6) is 17.2 Å². The number of phenols is 2. The summed E-state index contributed by atoms with van der Waals surface area (Å²) in [6.45, 7) is 7.55. The SMILES string of the molecule is COc1cc2c(c(C)c1C)C(C)N1CCc3cc(O)c(O)cc3C1C2. The molecule has 0 aliphatic carbocycles. The smallest absolute Gasteiger partial charge is 0.157 e. The third kappa shape index (κ3) is 2.31. The molecule has 2 heterocycles. The number of ether oxygens (including phenoxy) is 1. The number of phenolic OH excluding ortho intramolecular Hbond substituents is 2. The number of hydrogen-bond donors (Lipinski definition) is 2. The van der Waals surface area contributed by atoms with E-state index in [0.29, 0.717) is 6.04 Å². The Labute approximate surface area is 148 Å². The summed E-state index contributed by atoms with van der Waals surface area (Å²) in [5.74, 6) is 0.891. The number of hydrogen-bond acceptors (Lipinski definition) is 4. The molecule has 0 saturated heterocycles. The zero-order valence-corrected chi connectivity index (χ0v) is 15.3. The average molecular weight is 339 g/mol. The normalized spacial score (nSPS) is 22.1. The number of fused-ring (bicyclic) bond motifs is 4. The molecule has 0 radical (unpaired) electrons. The Morgan fingerprint density at radius 3 is 2.48 bits per heavy atom. The van der Waals surface area contributed by atoms with Gasteiger partial charge in [-0.25, -0.2) is 0 Å². The van der Waals surface area contributed by atoms with Gasteiger partial charge in [0.1, 0.15) is 5.75 Å². The number of methoxy groups -OCH3 is 1. The van der Waals surface area contributed by atoms with Crippen LogP contribution in [0.25, 0.3) is 0 Å². The van der Waals surface area contributed by atoms with Crippen molar-refractivity contribution in [3.05, 3.63) is 51.6 Å². The van der Waals surface area contributed by atoms with Crippen LogP contribution in [0.1, 0.15) is 52.4 Å². The fourth-order valence-corrected chi connectivity index (χ4v) is 4.75. The quantitative estimate of drug-likeness (QED) is 0.773. The van der Waals surface area contributed by atoms with Gasteiger partial charge in [-0.05, 0) is 85.2 Å². The fourth-order valence-electron chi connectivity index (χ4n) is 4.75. The summed E-state index contributed by atoms with van der Waals surface area (Å²) in [4.78, 5) is 2.53. The van der Waals surface area contributed by atoms with Gasteiger partial charge in [-0.15, -0.1) is 0 Å². The maximum Gasteiger partial charge on any atom is 0.157 e. The van der Waals surface area contributed by atoms with Crippen molar-refractivity contribution in [3.63, 3.8) is 0 Å². The summed E-state index contributed by atoms with van der Waals surface area (Å²) >= 11 is 0. The molecule has 132 valence electrons. The van der Waals surface area contributed by atoms with E-state index in [1.165, 1.54) is 22.3 Å². The van der Waals surface area contributed by atoms with Crippen molar-refractivity contribution in [1.29, 1.82) is 0 Å². The molecule has 2 unspecified atom stereocenters. The zero-order chi connectivity index (χ0) is 17.9. The minimum atomic E-state index is -0.0308. The summed E-state index contributed by atoms with van der Waals surface area (Å²) < 4.78 is 5.58. The highest BCUT2D eigenvalue weighted by Gasteiger charge is 2.38. The van der Waals surface area contributed by atoms with Gasteiger partial charge in [-0.1, -0.05) is 0 Å². The van der Waals surface area contributed by atoms with Crippen molar-refractivity contribution < 1.29 is 14.9 Å². The van der Waals surface area contributed by atoms with Crippen LogP contribution in [0.2, 0.25) is 0 Å². The zero-order valence-electron chi connectivity index (χ0n) is 15.3. The van der Waals surface area contributed by atoms with E-state index in [2.05, 4.69) is 31.7 Å². The van der Waals surface area contributed by atoms with Crippen LogP contribution in [0, 0.1) is 13.8 Å². The van der Waals surface area contributed by atoms with Gasteiger partial charge in [0.15, 0.2) is 11.5 Å². The van der Waals surface area contributed by atoms with Crippen LogP contribution in [0.15, 0.2) is 18.2 Å². The van der Waals surface area contributed by atoms with Crippen LogP contribution >= 0.6 is 0 Å². The first-order valence-corrected chi connectivity index (χ1v) is 8.89. The highest BCUT2D eigenvalue weighted by molar-refractivity contribution is 5.54. The number of aromatic hydroxyl groups is 2. The molecule has 0 aromatic heterocycles. The second-order valence-electron chi connectivity index (χ2n) is 7.33. The predicted molar refractivity (Wildman–Crippen MR) is 97.5 cm³/mol. The van der Waals surface area contributed by atoms with Crippen molar-refractivity contribution >= 4 is 0 Å². The van der Waals surface area contributed by atoms with Crippen LogP contribution in [-0.4, -0.2) is 28.8 Å². The average Bonchev–Trinajstić information content (AvgIpc) is 2.59. The molecule has 0 bridgehead atoms. The second-order valence-corrected chi connectivity index (χ2v) is 7.33. The molecule has 4 rings (SSSR count). The topological polar surface area (TPSA) is 52.9 Å². The number of benzene rings is 2. The predicted octanol–water partition coefficient (Wildman–Crippen LogP) is 3.94. The molecule has 0 spiro atoms. The molecule has 2 N–H and O–H groups in total. The summed E-state index contributed by atoms with van der Waals surface area (Å²) in [6, 6.07) is 6.20. The van der Waals surface area contributed by atoms with Crippen LogP contribution in [0.3, 0.4) is 0 Å². The van der Waals surface area contributed by atoms with Gasteiger partial charge < -0.3 is 14.9 Å². The van der Waals surface area contributed by atoms with Gasteiger partial charge >= 0.3 is 0 Å². The van der Waals surface area contributed by atoms with Gasteiger partial charge in [0.2, 0.25) is 0 Å². The van der Waals surface area contributed by atoms with Crippen molar-refractivity contribution in [1.82, 2.24) is 4.90 Å². The third-order valence-electron chi connectivity index (χ3n) is 6.17. The van der Waals surface area contributed by atoms with Gasteiger partial charge in [0, 0.05) is 18.6 Å². The molecule has 2 aromatic carbocycles. The standard InChI is InChI=1S/C21H25NO3/c1-11-12(2)21-13(3)22-6-5-14-8-18(23)19(24)10-16(14)17(22)7-15(21)9-20(11)25-4/h8-10,13,17,23-24H,5-7H2,1-4H3. The van der Waals surface area contributed by atoms with E-state index in [9.17, 15) is 10.2 Å². The Morgan fingerprint density at radius 2 is 1.76 bits per heavy atom. The lowest BCUT2D eigenvalue weighted by Crippen LogP contribution is -2.42. The van der Waals surface area contributed by atoms with E-state index in [1.54, 1.807) is 19.2 Å². The minimum Gasteiger partial charge on any atom is -0.504 e. The lowest BCUT2D eigenvalue weighted by atomic mass is 9.78. The molecule has 2 aromatic rings. The van der Waals surface area contributed by atoms with E-state index in [-0.39, 0.29) is 17.5 Å².